The number of nitrogens with zero attached hydrogens (tertiary/aromatic N) is 2. The molecule has 28 heavy (non-hydrogen) atoms. The Bertz CT molecular complexity index is 754. The molecule has 1 saturated heterocycles. The molecule has 0 radical (unpaired) electrons. The van der Waals surface area contributed by atoms with Crippen molar-refractivity contribution in [3.8, 4) is 0 Å². The van der Waals surface area contributed by atoms with Crippen LogP contribution in [0.5, 0.6) is 0 Å². The third-order valence-electron chi connectivity index (χ3n) is 5.84. The summed E-state index contributed by atoms with van der Waals surface area (Å²) in [5, 5.41) is 7.31. The zero-order valence-electron chi connectivity index (χ0n) is 17.0. The summed E-state index contributed by atoms with van der Waals surface area (Å²) >= 11 is 0. The van der Waals surface area contributed by atoms with Crippen LogP contribution in [0.2, 0.25) is 0 Å². The Labute approximate surface area is 168 Å². The van der Waals surface area contributed by atoms with Gasteiger partial charge in [-0.1, -0.05) is 30.3 Å². The van der Waals surface area contributed by atoms with E-state index in [1.807, 2.05) is 12.1 Å². The van der Waals surface area contributed by atoms with Crippen LogP contribution in [0.25, 0.3) is 0 Å². The van der Waals surface area contributed by atoms with Crippen LogP contribution in [0.15, 0.2) is 58.1 Å². The molecule has 5 nitrogen and oxygen atoms in total. The molecule has 2 heterocycles. The number of guanidine groups is 1. The van der Waals surface area contributed by atoms with Crippen molar-refractivity contribution in [2.45, 2.75) is 63.7 Å². The summed E-state index contributed by atoms with van der Waals surface area (Å²) in [6.45, 7) is 6.37. The molecule has 1 aromatic heterocycles. The second-order valence-corrected chi connectivity index (χ2v) is 8.19. The summed E-state index contributed by atoms with van der Waals surface area (Å²) in [5.41, 5.74) is 1.27. The maximum Gasteiger partial charge on any atom is 0.192 e. The van der Waals surface area contributed by atoms with Crippen molar-refractivity contribution < 1.29 is 4.42 Å². The second kappa shape index (κ2) is 8.82. The average Bonchev–Trinajstić information content (AvgIpc) is 3.28. The molecular weight excluding hydrogens is 348 g/mol. The van der Waals surface area contributed by atoms with Crippen molar-refractivity contribution in [1.82, 2.24) is 15.5 Å². The molecule has 0 amide bonds. The zero-order valence-corrected chi connectivity index (χ0v) is 17.0. The minimum Gasteiger partial charge on any atom is -0.469 e. The Kier molecular flexibility index (Phi) is 6.01. The quantitative estimate of drug-likeness (QED) is 0.567. The van der Waals surface area contributed by atoms with E-state index in [0.717, 1.165) is 30.7 Å². The van der Waals surface area contributed by atoms with Gasteiger partial charge in [0.1, 0.15) is 5.76 Å². The molecule has 150 valence electrons. The fourth-order valence-corrected chi connectivity index (χ4v) is 4.16. The first-order valence-corrected chi connectivity index (χ1v) is 10.6. The molecule has 1 aromatic carbocycles. The Balaban J connectivity index is 1.40. The van der Waals surface area contributed by atoms with Crippen LogP contribution >= 0.6 is 0 Å². The minimum atomic E-state index is 0.203. The summed E-state index contributed by atoms with van der Waals surface area (Å²) in [6.07, 6.45) is 6.44. The Morgan fingerprint density at radius 3 is 2.75 bits per heavy atom. The molecule has 1 aliphatic carbocycles. The first-order valence-electron chi connectivity index (χ1n) is 10.6. The van der Waals surface area contributed by atoms with E-state index >= 15 is 0 Å². The summed E-state index contributed by atoms with van der Waals surface area (Å²) in [5.74, 6) is 1.88. The lowest BCUT2D eigenvalue weighted by atomic mass is 10.1. The smallest absolute Gasteiger partial charge is 0.192 e. The van der Waals surface area contributed by atoms with Gasteiger partial charge < -0.3 is 15.1 Å². The van der Waals surface area contributed by atoms with Crippen molar-refractivity contribution in [1.29, 1.82) is 0 Å². The maximum atomic E-state index is 5.44. The molecule has 1 saturated carbocycles. The van der Waals surface area contributed by atoms with Gasteiger partial charge in [-0.15, -0.1) is 0 Å². The molecular formula is C23H32N4O. The lowest BCUT2D eigenvalue weighted by Crippen LogP contribution is -2.45. The number of aliphatic imine (C=N–C) groups is 1. The van der Waals surface area contributed by atoms with Gasteiger partial charge in [0, 0.05) is 37.6 Å². The van der Waals surface area contributed by atoms with Crippen LogP contribution in [0.1, 0.15) is 50.5 Å². The van der Waals surface area contributed by atoms with Crippen LogP contribution in [-0.4, -0.2) is 42.1 Å². The summed E-state index contributed by atoms with van der Waals surface area (Å²) in [4.78, 5) is 7.52. The number of likely N-dealkylation sites (tertiary alicyclic amines) is 1. The van der Waals surface area contributed by atoms with Gasteiger partial charge in [-0.3, -0.25) is 9.89 Å². The topological polar surface area (TPSA) is 52.8 Å². The van der Waals surface area contributed by atoms with Crippen LogP contribution in [0.4, 0.5) is 0 Å². The molecule has 3 unspecified atom stereocenters. The van der Waals surface area contributed by atoms with E-state index in [1.54, 1.807) is 6.26 Å². The normalized spacial score (nSPS) is 24.3. The molecule has 2 N–H and O–H groups in total. The molecule has 4 rings (SSSR count). The Hall–Kier alpha value is -2.27. The molecule has 3 atom stereocenters. The van der Waals surface area contributed by atoms with Gasteiger partial charge in [0.2, 0.25) is 0 Å². The van der Waals surface area contributed by atoms with Gasteiger partial charge >= 0.3 is 0 Å². The number of hydrogen-bond donors (Lipinski definition) is 2. The standard InChI is InChI=1S/C23H32N4O/c1-17-15-20(16-27(17)21-10-11-21)26-23(24-13-12-22-9-6-14-28-22)25-18(2)19-7-4-3-5-8-19/h3-9,14,17-18,20-21H,10-13,15-16H2,1-2H3,(H2,24,25,26). The van der Waals surface area contributed by atoms with Crippen molar-refractivity contribution in [3.63, 3.8) is 0 Å². The third-order valence-corrected chi connectivity index (χ3v) is 5.84. The second-order valence-electron chi connectivity index (χ2n) is 8.19. The monoisotopic (exact) mass is 380 g/mol. The highest BCUT2D eigenvalue weighted by atomic mass is 16.3. The summed E-state index contributed by atoms with van der Waals surface area (Å²) in [7, 11) is 0. The van der Waals surface area contributed by atoms with Crippen LogP contribution in [0, 0.1) is 0 Å². The molecule has 2 fully saturated rings. The largest absolute Gasteiger partial charge is 0.469 e. The van der Waals surface area contributed by atoms with E-state index in [9.17, 15) is 0 Å². The van der Waals surface area contributed by atoms with Crippen LogP contribution in [0.3, 0.4) is 0 Å². The Morgan fingerprint density at radius 2 is 2.04 bits per heavy atom. The molecule has 1 aliphatic heterocycles. The first-order chi connectivity index (χ1) is 13.7. The van der Waals surface area contributed by atoms with Crippen molar-refractivity contribution >= 4 is 5.96 Å². The van der Waals surface area contributed by atoms with Crippen molar-refractivity contribution in [2.24, 2.45) is 4.99 Å². The van der Waals surface area contributed by atoms with Gasteiger partial charge in [-0.05, 0) is 50.8 Å². The predicted molar refractivity (Wildman–Crippen MR) is 113 cm³/mol. The van der Waals surface area contributed by atoms with Crippen LogP contribution < -0.4 is 10.6 Å². The summed E-state index contributed by atoms with van der Waals surface area (Å²) in [6, 6.07) is 16.6. The van der Waals surface area contributed by atoms with Crippen molar-refractivity contribution in [3.05, 3.63) is 60.1 Å². The van der Waals surface area contributed by atoms with E-state index in [0.29, 0.717) is 18.6 Å². The third kappa shape index (κ3) is 4.96. The predicted octanol–water partition coefficient (Wildman–Crippen LogP) is 3.74. The fraction of sp³-hybridized carbons (Fsp3) is 0.522. The minimum absolute atomic E-state index is 0.203. The first kappa shape index (κ1) is 19.1. The van der Waals surface area contributed by atoms with Gasteiger partial charge in [0.25, 0.3) is 0 Å². The zero-order chi connectivity index (χ0) is 19.3. The molecule has 0 spiro atoms. The molecule has 0 bridgehead atoms. The average molecular weight is 381 g/mol. The van der Waals surface area contributed by atoms with E-state index in [1.165, 1.54) is 24.8 Å². The number of benzene rings is 1. The van der Waals surface area contributed by atoms with Gasteiger partial charge in [-0.25, -0.2) is 0 Å². The van der Waals surface area contributed by atoms with E-state index in [-0.39, 0.29) is 6.04 Å². The Morgan fingerprint density at radius 1 is 1.21 bits per heavy atom. The van der Waals surface area contributed by atoms with Gasteiger partial charge in [0.05, 0.1) is 12.3 Å². The van der Waals surface area contributed by atoms with Gasteiger partial charge in [-0.2, -0.15) is 0 Å². The van der Waals surface area contributed by atoms with E-state index in [2.05, 4.69) is 59.7 Å². The van der Waals surface area contributed by atoms with E-state index in [4.69, 9.17) is 9.41 Å². The summed E-state index contributed by atoms with van der Waals surface area (Å²) < 4.78 is 5.44. The number of hydrogen-bond acceptors (Lipinski definition) is 3. The highest BCUT2D eigenvalue weighted by Gasteiger charge is 2.39. The highest BCUT2D eigenvalue weighted by Crippen LogP contribution is 2.33. The van der Waals surface area contributed by atoms with E-state index < -0.39 is 0 Å². The van der Waals surface area contributed by atoms with Crippen molar-refractivity contribution in [2.75, 3.05) is 13.1 Å². The number of furan rings is 1. The van der Waals surface area contributed by atoms with Gasteiger partial charge in [0.15, 0.2) is 5.96 Å². The molecule has 2 aliphatic rings. The SMILES string of the molecule is CC(NC(=NCCc1ccco1)NC1CC(C)N(C2CC2)C1)c1ccccc1. The lowest BCUT2D eigenvalue weighted by molar-refractivity contribution is 0.256. The number of nitrogens with one attached hydrogen (secondary N) is 2. The molecule has 5 heteroatoms. The molecule has 2 aromatic rings. The number of rotatable bonds is 7. The van der Waals surface area contributed by atoms with Crippen LogP contribution in [-0.2, 0) is 6.42 Å². The fourth-order valence-electron chi connectivity index (χ4n) is 4.16. The maximum absolute atomic E-state index is 5.44. The highest BCUT2D eigenvalue weighted by molar-refractivity contribution is 5.80. The lowest BCUT2D eigenvalue weighted by Gasteiger charge is -2.22.